The van der Waals surface area contributed by atoms with Gasteiger partial charge >= 0.3 is 5.69 Å². The van der Waals surface area contributed by atoms with E-state index in [2.05, 4.69) is 25.8 Å². The first-order chi connectivity index (χ1) is 11.9. The topological polar surface area (TPSA) is 71.1 Å². The van der Waals surface area contributed by atoms with Gasteiger partial charge in [-0.2, -0.15) is 4.98 Å². The van der Waals surface area contributed by atoms with Crippen LogP contribution in [0.15, 0.2) is 9.59 Å². The fraction of sp³-hybridized carbons (Fsp3) is 0.722. The Balaban J connectivity index is 2.65. The summed E-state index contributed by atoms with van der Waals surface area (Å²) in [6.07, 6.45) is 3.58. The molecule has 7 nitrogen and oxygen atoms in total. The highest BCUT2D eigenvalue weighted by Gasteiger charge is 2.21. The molecular formula is C18H30N4O3. The standard InChI is InChI=1S/C18H30N4O3/c1-6-8-12-25-17-19-15-14(21(17)11-9-13(3)4)16(23)22(10-7-2)18(24)20(15)5/h13H,6-12H2,1-5H3. The van der Waals surface area contributed by atoms with Gasteiger partial charge in [0.15, 0.2) is 11.2 Å². The van der Waals surface area contributed by atoms with E-state index in [-0.39, 0.29) is 11.2 Å². The summed E-state index contributed by atoms with van der Waals surface area (Å²) in [4.78, 5) is 29.9. The van der Waals surface area contributed by atoms with Crippen LogP contribution >= 0.6 is 0 Å². The Kier molecular flexibility index (Phi) is 6.45. The first-order valence-electron chi connectivity index (χ1n) is 9.25. The molecule has 0 aliphatic carbocycles. The fourth-order valence-electron chi connectivity index (χ4n) is 2.79. The number of unbranched alkanes of at least 4 members (excludes halogenated alkanes) is 1. The number of imidazole rings is 1. The first-order valence-corrected chi connectivity index (χ1v) is 9.25. The van der Waals surface area contributed by atoms with E-state index in [9.17, 15) is 9.59 Å². The van der Waals surface area contributed by atoms with Crippen LogP contribution < -0.4 is 16.0 Å². The maximum atomic E-state index is 12.9. The van der Waals surface area contributed by atoms with Gasteiger partial charge in [-0.15, -0.1) is 0 Å². The molecule has 0 unspecified atom stereocenters. The highest BCUT2D eigenvalue weighted by atomic mass is 16.5. The maximum absolute atomic E-state index is 12.9. The summed E-state index contributed by atoms with van der Waals surface area (Å²) in [5, 5.41) is 0. The predicted molar refractivity (Wildman–Crippen MR) is 99.4 cm³/mol. The Morgan fingerprint density at radius 3 is 2.40 bits per heavy atom. The molecule has 0 bridgehead atoms. The summed E-state index contributed by atoms with van der Waals surface area (Å²) >= 11 is 0. The van der Waals surface area contributed by atoms with Crippen LogP contribution in [-0.2, 0) is 20.1 Å². The number of fused-ring (bicyclic) bond motifs is 1. The van der Waals surface area contributed by atoms with Gasteiger partial charge in [-0.05, 0) is 25.2 Å². The molecule has 25 heavy (non-hydrogen) atoms. The van der Waals surface area contributed by atoms with Crippen molar-refractivity contribution >= 4 is 11.2 Å². The molecule has 7 heteroatoms. The maximum Gasteiger partial charge on any atom is 0.332 e. The van der Waals surface area contributed by atoms with E-state index in [1.165, 1.54) is 9.13 Å². The highest BCUT2D eigenvalue weighted by molar-refractivity contribution is 5.71. The van der Waals surface area contributed by atoms with Gasteiger partial charge in [-0.1, -0.05) is 34.1 Å². The number of aryl methyl sites for hydroxylation is 2. The molecule has 0 atom stereocenters. The van der Waals surface area contributed by atoms with Crippen LogP contribution in [0.5, 0.6) is 6.01 Å². The molecule has 140 valence electrons. The largest absolute Gasteiger partial charge is 0.465 e. The molecule has 0 aliphatic heterocycles. The lowest BCUT2D eigenvalue weighted by molar-refractivity contribution is 0.271. The number of hydrogen-bond donors (Lipinski definition) is 0. The zero-order valence-corrected chi connectivity index (χ0v) is 16.0. The third kappa shape index (κ3) is 3.96. The van der Waals surface area contributed by atoms with Crippen LogP contribution in [0.4, 0.5) is 0 Å². The molecular weight excluding hydrogens is 320 g/mol. The van der Waals surface area contributed by atoms with Crippen molar-refractivity contribution in [1.82, 2.24) is 18.7 Å². The van der Waals surface area contributed by atoms with E-state index in [1.807, 2.05) is 11.5 Å². The van der Waals surface area contributed by atoms with E-state index in [4.69, 9.17) is 4.74 Å². The van der Waals surface area contributed by atoms with E-state index in [0.717, 1.165) is 25.7 Å². The minimum absolute atomic E-state index is 0.276. The van der Waals surface area contributed by atoms with Gasteiger partial charge in [-0.3, -0.25) is 18.5 Å². The average molecular weight is 350 g/mol. The summed E-state index contributed by atoms with van der Waals surface area (Å²) in [5.41, 5.74) is 0.259. The lowest BCUT2D eigenvalue weighted by atomic mass is 10.1. The second-order valence-corrected chi connectivity index (χ2v) is 6.90. The summed E-state index contributed by atoms with van der Waals surface area (Å²) in [6, 6.07) is 0.436. The monoisotopic (exact) mass is 350 g/mol. The van der Waals surface area contributed by atoms with Crippen LogP contribution in [-0.4, -0.2) is 25.3 Å². The van der Waals surface area contributed by atoms with Crippen LogP contribution in [0.25, 0.3) is 11.2 Å². The third-order valence-corrected chi connectivity index (χ3v) is 4.30. The fourth-order valence-corrected chi connectivity index (χ4v) is 2.79. The van der Waals surface area contributed by atoms with Crippen molar-refractivity contribution in [1.29, 1.82) is 0 Å². The highest BCUT2D eigenvalue weighted by Crippen LogP contribution is 2.20. The minimum Gasteiger partial charge on any atom is -0.465 e. The van der Waals surface area contributed by atoms with Crippen molar-refractivity contribution in [2.75, 3.05) is 6.61 Å². The van der Waals surface area contributed by atoms with Gasteiger partial charge in [0.25, 0.3) is 11.6 Å². The summed E-state index contributed by atoms with van der Waals surface area (Å²) < 4.78 is 10.4. The molecule has 0 radical (unpaired) electrons. The second kappa shape index (κ2) is 8.36. The smallest absolute Gasteiger partial charge is 0.332 e. The first kappa shape index (κ1) is 19.3. The third-order valence-electron chi connectivity index (χ3n) is 4.30. The van der Waals surface area contributed by atoms with Crippen molar-refractivity contribution in [2.45, 2.75) is 66.5 Å². The summed E-state index contributed by atoms with van der Waals surface area (Å²) in [6.45, 7) is 9.93. The molecule has 2 rings (SSSR count). The Labute approximate surface area is 148 Å². The number of nitrogens with zero attached hydrogens (tertiary/aromatic N) is 4. The summed E-state index contributed by atoms with van der Waals surface area (Å²) in [5.74, 6) is 0.492. The van der Waals surface area contributed by atoms with Gasteiger partial charge in [0.1, 0.15) is 0 Å². The lowest BCUT2D eigenvalue weighted by Gasteiger charge is -2.12. The van der Waals surface area contributed by atoms with Crippen molar-refractivity contribution in [3.8, 4) is 6.01 Å². The number of ether oxygens (including phenoxy) is 1. The Hall–Kier alpha value is -2.05. The number of hydrogen-bond acceptors (Lipinski definition) is 4. The van der Waals surface area contributed by atoms with E-state index in [1.54, 1.807) is 7.05 Å². The van der Waals surface area contributed by atoms with Crippen LogP contribution in [0.2, 0.25) is 0 Å². The second-order valence-electron chi connectivity index (χ2n) is 6.90. The zero-order valence-electron chi connectivity index (χ0n) is 16.0. The van der Waals surface area contributed by atoms with Crippen LogP contribution in [0, 0.1) is 5.92 Å². The van der Waals surface area contributed by atoms with Gasteiger partial charge in [0, 0.05) is 20.1 Å². The molecule has 0 aromatic carbocycles. The predicted octanol–water partition coefficient (Wildman–Crippen LogP) is 2.53. The van der Waals surface area contributed by atoms with Crippen molar-refractivity contribution in [2.24, 2.45) is 13.0 Å². The molecule has 0 saturated heterocycles. The minimum atomic E-state index is -0.326. The van der Waals surface area contributed by atoms with Crippen molar-refractivity contribution < 1.29 is 4.74 Å². The van der Waals surface area contributed by atoms with Gasteiger partial charge in [-0.25, -0.2) is 4.79 Å². The van der Waals surface area contributed by atoms with E-state index < -0.39 is 0 Å². The Bertz CT molecular complexity index is 829. The number of aromatic nitrogens is 4. The molecule has 0 amide bonds. The molecule has 0 saturated carbocycles. The van der Waals surface area contributed by atoms with Gasteiger partial charge in [0.2, 0.25) is 0 Å². The van der Waals surface area contributed by atoms with Crippen molar-refractivity contribution in [3.63, 3.8) is 0 Å². The van der Waals surface area contributed by atoms with E-state index >= 15 is 0 Å². The molecule has 0 aliphatic rings. The molecule has 2 heterocycles. The van der Waals surface area contributed by atoms with Crippen molar-refractivity contribution in [3.05, 3.63) is 20.8 Å². The molecule has 0 fully saturated rings. The molecule has 2 aromatic rings. The number of rotatable bonds is 9. The van der Waals surface area contributed by atoms with E-state index in [0.29, 0.717) is 42.8 Å². The normalized spacial score (nSPS) is 11.6. The van der Waals surface area contributed by atoms with Gasteiger partial charge in [0.05, 0.1) is 6.61 Å². The van der Waals surface area contributed by atoms with Crippen LogP contribution in [0.3, 0.4) is 0 Å². The molecule has 0 N–H and O–H groups in total. The zero-order chi connectivity index (χ0) is 18.6. The van der Waals surface area contributed by atoms with Crippen LogP contribution in [0.1, 0.15) is 53.4 Å². The summed E-state index contributed by atoms with van der Waals surface area (Å²) in [7, 11) is 1.66. The quantitative estimate of drug-likeness (QED) is 0.652. The Morgan fingerprint density at radius 2 is 1.80 bits per heavy atom. The molecule has 2 aromatic heterocycles. The SMILES string of the molecule is CCCCOc1nc2c(c(=O)n(CCC)c(=O)n2C)n1CCC(C)C. The molecule has 0 spiro atoms. The van der Waals surface area contributed by atoms with Gasteiger partial charge < -0.3 is 4.74 Å². The average Bonchev–Trinajstić information content (AvgIpc) is 2.94. The lowest BCUT2D eigenvalue weighted by Crippen LogP contribution is -2.39. The Morgan fingerprint density at radius 1 is 1.08 bits per heavy atom.